The lowest BCUT2D eigenvalue weighted by Crippen LogP contribution is -2.23. The Hall–Kier alpha value is -3.23. The first-order chi connectivity index (χ1) is 15.6. The summed E-state index contributed by atoms with van der Waals surface area (Å²) in [4.78, 5) is 17.9. The molecule has 0 N–H and O–H groups in total. The minimum atomic E-state index is -0.215. The number of nitrogens with zero attached hydrogens (tertiary/aromatic N) is 3. The number of rotatable bonds is 6. The quantitative estimate of drug-likeness (QED) is 0.316. The lowest BCUT2D eigenvalue weighted by atomic mass is 10.2. The van der Waals surface area contributed by atoms with Crippen LogP contribution in [0.25, 0.3) is 33.7 Å². The van der Waals surface area contributed by atoms with Gasteiger partial charge in [0.1, 0.15) is 21.8 Å². The molecule has 0 bridgehead atoms. The van der Waals surface area contributed by atoms with Gasteiger partial charge in [-0.15, -0.1) is 5.10 Å². The summed E-state index contributed by atoms with van der Waals surface area (Å²) in [7, 11) is 0. The van der Waals surface area contributed by atoms with Gasteiger partial charge in [0.05, 0.1) is 6.61 Å². The van der Waals surface area contributed by atoms with E-state index in [2.05, 4.69) is 32.9 Å². The summed E-state index contributed by atoms with van der Waals surface area (Å²) >= 11 is 4.72. The van der Waals surface area contributed by atoms with Gasteiger partial charge in [-0.2, -0.15) is 9.50 Å². The van der Waals surface area contributed by atoms with Gasteiger partial charge < -0.3 is 9.15 Å². The summed E-state index contributed by atoms with van der Waals surface area (Å²) in [6.45, 7) is 2.74. The highest BCUT2D eigenvalue weighted by Crippen LogP contribution is 2.24. The Morgan fingerprint density at radius 3 is 2.53 bits per heavy atom. The van der Waals surface area contributed by atoms with E-state index in [1.54, 1.807) is 6.08 Å². The van der Waals surface area contributed by atoms with Crippen LogP contribution in [0.3, 0.4) is 0 Å². The monoisotopic (exact) mass is 507 g/mol. The normalized spacial score (nSPS) is 12.0. The molecule has 0 fully saturated rings. The van der Waals surface area contributed by atoms with Crippen molar-refractivity contribution >= 4 is 38.3 Å². The van der Waals surface area contributed by atoms with Crippen LogP contribution < -0.4 is 14.8 Å². The number of ether oxygens (including phenoxy) is 1. The van der Waals surface area contributed by atoms with Gasteiger partial charge in [-0.05, 0) is 55.0 Å². The minimum absolute atomic E-state index is 0.215. The zero-order valence-electron chi connectivity index (χ0n) is 17.1. The topological polar surface area (TPSA) is 69.6 Å². The van der Waals surface area contributed by atoms with Gasteiger partial charge in [-0.25, -0.2) is 0 Å². The Kier molecular flexibility index (Phi) is 5.63. The van der Waals surface area contributed by atoms with Gasteiger partial charge >= 0.3 is 0 Å². The Labute approximate surface area is 195 Å². The summed E-state index contributed by atoms with van der Waals surface area (Å²) < 4.78 is 14.4. The highest BCUT2D eigenvalue weighted by atomic mass is 79.9. The highest BCUT2D eigenvalue weighted by Gasteiger charge is 2.13. The predicted octanol–water partition coefficient (Wildman–Crippen LogP) is 5.18. The molecule has 2 aromatic carbocycles. The maximum absolute atomic E-state index is 12.8. The van der Waals surface area contributed by atoms with Crippen LogP contribution in [-0.2, 0) is 0 Å². The van der Waals surface area contributed by atoms with Crippen molar-refractivity contribution in [2.75, 3.05) is 6.61 Å². The Bertz CT molecular complexity index is 1480. The predicted molar refractivity (Wildman–Crippen MR) is 129 cm³/mol. The van der Waals surface area contributed by atoms with Gasteiger partial charge in [-0.1, -0.05) is 46.3 Å². The first-order valence-electron chi connectivity index (χ1n) is 10.1. The number of thiazole rings is 1. The van der Waals surface area contributed by atoms with Gasteiger partial charge in [0, 0.05) is 21.7 Å². The molecule has 0 spiro atoms. The maximum atomic E-state index is 12.8. The number of benzene rings is 2. The third kappa shape index (κ3) is 4.11. The van der Waals surface area contributed by atoms with E-state index in [4.69, 9.17) is 9.15 Å². The lowest BCUT2D eigenvalue weighted by molar-refractivity contribution is 0.317. The van der Waals surface area contributed by atoms with Crippen molar-refractivity contribution < 1.29 is 9.15 Å². The van der Waals surface area contributed by atoms with Gasteiger partial charge in [-0.3, -0.25) is 4.79 Å². The van der Waals surface area contributed by atoms with Gasteiger partial charge in [0.15, 0.2) is 5.82 Å². The SMILES string of the molecule is CCCOc1ccc(-c2nc3s/c(=C\c4ccc(-c5ccc(Br)cc5)o4)c(=O)n3n2)cc1. The number of halogens is 1. The van der Waals surface area contributed by atoms with Crippen LogP contribution in [0.2, 0.25) is 0 Å². The van der Waals surface area contributed by atoms with E-state index >= 15 is 0 Å². The molecule has 0 aliphatic carbocycles. The summed E-state index contributed by atoms with van der Waals surface area (Å²) in [6.07, 6.45) is 2.68. The van der Waals surface area contributed by atoms with Crippen molar-refractivity contribution in [1.29, 1.82) is 0 Å². The van der Waals surface area contributed by atoms with Crippen molar-refractivity contribution in [3.8, 4) is 28.5 Å². The van der Waals surface area contributed by atoms with Crippen LogP contribution in [-0.4, -0.2) is 21.2 Å². The largest absolute Gasteiger partial charge is 0.494 e. The van der Waals surface area contributed by atoms with Crippen molar-refractivity contribution in [2.45, 2.75) is 13.3 Å². The summed E-state index contributed by atoms with van der Waals surface area (Å²) in [6, 6.07) is 19.2. The first-order valence-corrected chi connectivity index (χ1v) is 11.7. The van der Waals surface area contributed by atoms with E-state index in [0.29, 0.717) is 27.7 Å². The average Bonchev–Trinajstić information content (AvgIpc) is 3.51. The van der Waals surface area contributed by atoms with Crippen LogP contribution >= 0.6 is 27.3 Å². The Morgan fingerprint density at radius 2 is 1.81 bits per heavy atom. The van der Waals surface area contributed by atoms with Crippen molar-refractivity contribution in [2.24, 2.45) is 0 Å². The van der Waals surface area contributed by atoms with E-state index in [-0.39, 0.29) is 5.56 Å². The van der Waals surface area contributed by atoms with E-state index < -0.39 is 0 Å². The molecule has 160 valence electrons. The third-order valence-electron chi connectivity index (χ3n) is 4.80. The molecule has 0 amide bonds. The molecule has 0 aliphatic rings. The van der Waals surface area contributed by atoms with Crippen LogP contribution in [0, 0.1) is 0 Å². The van der Waals surface area contributed by atoms with Crippen LogP contribution in [0.4, 0.5) is 0 Å². The van der Waals surface area contributed by atoms with E-state index in [9.17, 15) is 4.79 Å². The minimum Gasteiger partial charge on any atom is -0.494 e. The van der Waals surface area contributed by atoms with Gasteiger partial charge in [0.25, 0.3) is 5.56 Å². The highest BCUT2D eigenvalue weighted by molar-refractivity contribution is 9.10. The molecule has 0 atom stereocenters. The molecule has 3 heterocycles. The smallest absolute Gasteiger partial charge is 0.291 e. The number of hydrogen-bond acceptors (Lipinski definition) is 6. The standard InChI is InChI=1S/C24H18BrN3O3S/c1-2-13-30-18-9-5-16(6-10-18)22-26-24-28(27-22)23(29)21(32-24)14-19-11-12-20(31-19)15-3-7-17(25)8-4-15/h3-12,14H,2,13H2,1H3/b21-14-. The third-order valence-corrected chi connectivity index (χ3v) is 6.28. The molecule has 8 heteroatoms. The molecular formula is C24H18BrN3O3S. The average molecular weight is 508 g/mol. The maximum Gasteiger partial charge on any atom is 0.291 e. The van der Waals surface area contributed by atoms with Crippen molar-refractivity contribution in [1.82, 2.24) is 14.6 Å². The fourth-order valence-corrected chi connectivity index (χ4v) is 4.36. The number of aromatic nitrogens is 3. The fraction of sp³-hybridized carbons (Fsp3) is 0.125. The second-order valence-electron chi connectivity index (χ2n) is 7.13. The number of furan rings is 1. The second kappa shape index (κ2) is 8.72. The van der Waals surface area contributed by atoms with Crippen LogP contribution in [0.1, 0.15) is 19.1 Å². The van der Waals surface area contributed by atoms with Crippen LogP contribution in [0.5, 0.6) is 5.75 Å². The second-order valence-corrected chi connectivity index (χ2v) is 9.05. The molecule has 3 aromatic heterocycles. The van der Waals surface area contributed by atoms with Crippen LogP contribution in [0.15, 0.2) is 74.3 Å². The Morgan fingerprint density at radius 1 is 1.06 bits per heavy atom. The molecule has 0 aliphatic heterocycles. The van der Waals surface area contributed by atoms with E-state index in [0.717, 1.165) is 33.5 Å². The molecule has 0 unspecified atom stereocenters. The summed E-state index contributed by atoms with van der Waals surface area (Å²) in [5.41, 5.74) is 1.58. The lowest BCUT2D eigenvalue weighted by Gasteiger charge is -2.04. The Balaban J connectivity index is 1.42. The summed E-state index contributed by atoms with van der Waals surface area (Å²) in [5, 5.41) is 4.41. The zero-order valence-corrected chi connectivity index (χ0v) is 19.5. The molecule has 0 saturated carbocycles. The van der Waals surface area contributed by atoms with Crippen molar-refractivity contribution in [3.63, 3.8) is 0 Å². The van der Waals surface area contributed by atoms with E-state index in [1.165, 1.54) is 15.9 Å². The molecule has 6 nitrogen and oxygen atoms in total. The molecule has 5 rings (SSSR count). The molecule has 0 radical (unpaired) electrons. The zero-order chi connectivity index (χ0) is 22.1. The molecular weight excluding hydrogens is 490 g/mol. The van der Waals surface area contributed by atoms with Gasteiger partial charge in [0.2, 0.25) is 4.96 Å². The molecule has 5 aromatic rings. The first kappa shape index (κ1) is 20.7. The molecule has 0 saturated heterocycles. The fourth-order valence-electron chi connectivity index (χ4n) is 3.21. The number of hydrogen-bond donors (Lipinski definition) is 0. The van der Waals surface area contributed by atoms with E-state index in [1.807, 2.05) is 60.7 Å². The summed E-state index contributed by atoms with van der Waals surface area (Å²) in [5.74, 6) is 2.66. The number of fused-ring (bicyclic) bond motifs is 1. The molecule has 32 heavy (non-hydrogen) atoms. The van der Waals surface area contributed by atoms with Crippen molar-refractivity contribution in [3.05, 3.63) is 85.8 Å².